The number of amides is 1. The van der Waals surface area contributed by atoms with Gasteiger partial charge in [-0.1, -0.05) is 35.5 Å². The summed E-state index contributed by atoms with van der Waals surface area (Å²) in [5.74, 6) is 0.554. The second kappa shape index (κ2) is 7.67. The third-order valence-corrected chi connectivity index (χ3v) is 5.00. The number of nitrogens with one attached hydrogen (secondary N) is 1. The van der Waals surface area contributed by atoms with Gasteiger partial charge < -0.3 is 9.88 Å². The maximum atomic E-state index is 12.4. The van der Waals surface area contributed by atoms with E-state index in [9.17, 15) is 4.79 Å². The predicted molar refractivity (Wildman–Crippen MR) is 99.6 cm³/mol. The lowest BCUT2D eigenvalue weighted by atomic mass is 10.3. The summed E-state index contributed by atoms with van der Waals surface area (Å²) >= 11 is 7.41. The third kappa shape index (κ3) is 4.00. The van der Waals surface area contributed by atoms with Crippen molar-refractivity contribution in [2.45, 2.75) is 17.3 Å². The number of hydrogen-bond donors (Lipinski definition) is 1. The molecule has 128 valence electrons. The molecule has 3 aromatic rings. The van der Waals surface area contributed by atoms with E-state index in [0.717, 1.165) is 5.56 Å². The normalized spacial score (nSPS) is 12.0. The maximum Gasteiger partial charge on any atom is 0.237 e. The Hall–Kier alpha value is -2.38. The number of nitrogens with zero attached hydrogens (tertiary/aromatic N) is 4. The van der Waals surface area contributed by atoms with Crippen LogP contribution < -0.4 is 5.32 Å². The summed E-state index contributed by atoms with van der Waals surface area (Å²) in [6.45, 7) is 1.81. The Balaban J connectivity index is 1.71. The van der Waals surface area contributed by atoms with Crippen molar-refractivity contribution >= 4 is 35.0 Å². The van der Waals surface area contributed by atoms with E-state index in [2.05, 4.69) is 20.5 Å². The fraction of sp³-hybridized carbons (Fsp3) is 0.176. The van der Waals surface area contributed by atoms with Crippen LogP contribution in [0.3, 0.4) is 0 Å². The molecule has 1 aromatic carbocycles. The van der Waals surface area contributed by atoms with Crippen LogP contribution in [-0.4, -0.2) is 30.9 Å². The zero-order valence-electron chi connectivity index (χ0n) is 13.7. The van der Waals surface area contributed by atoms with Crippen molar-refractivity contribution in [2.75, 3.05) is 5.32 Å². The van der Waals surface area contributed by atoms with E-state index < -0.39 is 0 Å². The summed E-state index contributed by atoms with van der Waals surface area (Å²) in [6.07, 6.45) is 3.43. The van der Waals surface area contributed by atoms with Crippen LogP contribution in [0.4, 0.5) is 5.69 Å². The van der Waals surface area contributed by atoms with Crippen LogP contribution in [0.25, 0.3) is 11.4 Å². The van der Waals surface area contributed by atoms with E-state index >= 15 is 0 Å². The fourth-order valence-corrected chi connectivity index (χ4v) is 3.17. The number of halogens is 1. The summed E-state index contributed by atoms with van der Waals surface area (Å²) in [6, 6.07) is 10.9. The number of carbonyl (C=O) groups is 1. The Morgan fingerprint density at radius 2 is 2.04 bits per heavy atom. The zero-order valence-corrected chi connectivity index (χ0v) is 15.3. The van der Waals surface area contributed by atoms with Crippen molar-refractivity contribution < 1.29 is 4.79 Å². The minimum atomic E-state index is -0.360. The summed E-state index contributed by atoms with van der Waals surface area (Å²) in [7, 11) is 1.86. The number of benzene rings is 1. The molecule has 1 unspecified atom stereocenters. The number of aromatic nitrogens is 4. The molecule has 1 atom stereocenters. The monoisotopic (exact) mass is 373 g/mol. The Labute approximate surface area is 154 Å². The van der Waals surface area contributed by atoms with Gasteiger partial charge in [0.1, 0.15) is 0 Å². The number of carbonyl (C=O) groups excluding carboxylic acids is 1. The van der Waals surface area contributed by atoms with Crippen molar-refractivity contribution in [3.05, 3.63) is 53.8 Å². The second-order valence-corrected chi connectivity index (χ2v) is 7.05. The number of rotatable bonds is 5. The van der Waals surface area contributed by atoms with Crippen molar-refractivity contribution in [3.8, 4) is 11.4 Å². The van der Waals surface area contributed by atoms with Gasteiger partial charge >= 0.3 is 0 Å². The lowest BCUT2D eigenvalue weighted by Crippen LogP contribution is -2.23. The Bertz CT molecular complexity index is 884. The molecule has 25 heavy (non-hydrogen) atoms. The first kappa shape index (κ1) is 17.4. The van der Waals surface area contributed by atoms with Crippen molar-refractivity contribution in [1.29, 1.82) is 0 Å². The lowest BCUT2D eigenvalue weighted by Gasteiger charge is -2.12. The molecule has 8 heteroatoms. The van der Waals surface area contributed by atoms with Gasteiger partial charge in [0, 0.05) is 25.0 Å². The summed E-state index contributed by atoms with van der Waals surface area (Å²) < 4.78 is 1.85. The SMILES string of the molecule is CC(Sc1nnc(-c2cccnc2)n1C)C(=O)Nc1ccccc1Cl. The van der Waals surface area contributed by atoms with Gasteiger partial charge in [-0.15, -0.1) is 10.2 Å². The van der Waals surface area contributed by atoms with Crippen LogP contribution in [0.15, 0.2) is 53.9 Å². The Morgan fingerprint density at radius 3 is 2.76 bits per heavy atom. The molecule has 2 heterocycles. The average molecular weight is 374 g/mol. The highest BCUT2D eigenvalue weighted by Crippen LogP contribution is 2.27. The smallest absolute Gasteiger partial charge is 0.237 e. The topological polar surface area (TPSA) is 72.7 Å². The molecule has 6 nitrogen and oxygen atoms in total. The first-order chi connectivity index (χ1) is 12.1. The van der Waals surface area contributed by atoms with Crippen molar-refractivity contribution in [2.24, 2.45) is 7.05 Å². The van der Waals surface area contributed by atoms with Crippen LogP contribution in [0.5, 0.6) is 0 Å². The van der Waals surface area contributed by atoms with Gasteiger partial charge in [0.15, 0.2) is 11.0 Å². The molecule has 0 spiro atoms. The molecule has 0 radical (unpaired) electrons. The number of pyridine rings is 1. The molecule has 0 bridgehead atoms. The number of thioether (sulfide) groups is 1. The quantitative estimate of drug-likeness (QED) is 0.691. The van der Waals surface area contributed by atoms with Gasteiger partial charge in [-0.2, -0.15) is 0 Å². The average Bonchev–Trinajstić information content (AvgIpc) is 2.98. The molecule has 1 amide bonds. The molecule has 2 aromatic heterocycles. The molecule has 0 saturated heterocycles. The number of anilines is 1. The van der Waals surface area contributed by atoms with Crippen molar-refractivity contribution in [3.63, 3.8) is 0 Å². The minimum Gasteiger partial charge on any atom is -0.324 e. The van der Waals surface area contributed by atoms with Crippen LogP contribution in [0.1, 0.15) is 6.92 Å². The summed E-state index contributed by atoms with van der Waals surface area (Å²) in [5.41, 5.74) is 1.47. The first-order valence-electron chi connectivity index (χ1n) is 7.58. The summed E-state index contributed by atoms with van der Waals surface area (Å²) in [4.78, 5) is 16.5. The molecule has 1 N–H and O–H groups in total. The lowest BCUT2D eigenvalue weighted by molar-refractivity contribution is -0.115. The largest absolute Gasteiger partial charge is 0.324 e. The van der Waals surface area contributed by atoms with Gasteiger partial charge in [-0.3, -0.25) is 9.78 Å². The third-order valence-electron chi connectivity index (χ3n) is 3.54. The minimum absolute atomic E-state index is 0.149. The van der Waals surface area contributed by atoms with Gasteiger partial charge in [0.25, 0.3) is 0 Å². The number of hydrogen-bond acceptors (Lipinski definition) is 5. The predicted octanol–water partition coefficient (Wildman–Crippen LogP) is 3.65. The highest BCUT2D eigenvalue weighted by atomic mass is 35.5. The van der Waals surface area contributed by atoms with E-state index in [1.165, 1.54) is 11.8 Å². The molecule has 0 aliphatic rings. The van der Waals surface area contributed by atoms with Gasteiger partial charge in [-0.25, -0.2) is 0 Å². The first-order valence-corrected chi connectivity index (χ1v) is 8.84. The van der Waals surface area contributed by atoms with Crippen LogP contribution >= 0.6 is 23.4 Å². The zero-order chi connectivity index (χ0) is 17.8. The standard InChI is InChI=1S/C17H16ClN5OS/c1-11(16(24)20-14-8-4-3-7-13(14)18)25-17-22-21-15(23(17)2)12-6-5-9-19-10-12/h3-11H,1-2H3,(H,20,24). The molecule has 0 aliphatic carbocycles. The fourth-order valence-electron chi connectivity index (χ4n) is 2.17. The van der Waals surface area contributed by atoms with E-state index in [-0.39, 0.29) is 11.2 Å². The van der Waals surface area contributed by atoms with E-state index in [1.54, 1.807) is 24.5 Å². The molecule has 3 rings (SSSR count). The van der Waals surface area contributed by atoms with E-state index in [1.807, 2.05) is 42.8 Å². The van der Waals surface area contributed by atoms with Crippen LogP contribution in [0.2, 0.25) is 5.02 Å². The maximum absolute atomic E-state index is 12.4. The van der Waals surface area contributed by atoms with E-state index in [4.69, 9.17) is 11.6 Å². The van der Waals surface area contributed by atoms with Gasteiger partial charge in [-0.05, 0) is 31.2 Å². The van der Waals surface area contributed by atoms with Gasteiger partial charge in [0.2, 0.25) is 5.91 Å². The molecule has 0 saturated carbocycles. The Kier molecular flexibility index (Phi) is 5.35. The summed E-state index contributed by atoms with van der Waals surface area (Å²) in [5, 5.41) is 12.0. The molecular weight excluding hydrogens is 358 g/mol. The second-order valence-electron chi connectivity index (χ2n) is 5.34. The van der Waals surface area contributed by atoms with Crippen molar-refractivity contribution in [1.82, 2.24) is 19.7 Å². The molecule has 0 fully saturated rings. The highest BCUT2D eigenvalue weighted by molar-refractivity contribution is 8.00. The van der Waals surface area contributed by atoms with Crippen LogP contribution in [0, 0.1) is 0 Å². The van der Waals surface area contributed by atoms with Gasteiger partial charge in [0.05, 0.1) is 16.0 Å². The van der Waals surface area contributed by atoms with Crippen LogP contribution in [-0.2, 0) is 11.8 Å². The molecular formula is C17H16ClN5OS. The highest BCUT2D eigenvalue weighted by Gasteiger charge is 2.20. The molecule has 0 aliphatic heterocycles. The van der Waals surface area contributed by atoms with E-state index in [0.29, 0.717) is 21.7 Å². The Morgan fingerprint density at radius 1 is 1.24 bits per heavy atom. The number of para-hydroxylation sites is 1.